The number of carbonyl (C=O) groups excluding carboxylic acids is 1. The minimum absolute atomic E-state index is 0. The van der Waals surface area contributed by atoms with Crippen molar-refractivity contribution in [2.75, 3.05) is 27.2 Å². The van der Waals surface area contributed by atoms with Crippen molar-refractivity contribution in [3.8, 4) is 5.69 Å². The average Bonchev–Trinajstić information content (AvgIpc) is 2.95. The lowest BCUT2D eigenvalue weighted by molar-refractivity contribution is 0.0790. The highest BCUT2D eigenvalue weighted by Gasteiger charge is 2.22. The van der Waals surface area contributed by atoms with Crippen molar-refractivity contribution in [2.45, 2.75) is 13.3 Å². The molecule has 0 aliphatic carbocycles. The number of benzene rings is 1. The second-order valence-corrected chi connectivity index (χ2v) is 5.40. The van der Waals surface area contributed by atoms with Gasteiger partial charge in [-0.15, -0.1) is 17.5 Å². The first-order valence-corrected chi connectivity index (χ1v) is 7.56. The summed E-state index contributed by atoms with van der Waals surface area (Å²) in [7, 11) is 3.61. The standard InChI is InChI=1S/C15H20ClN5O.ClH/c1-4-13-14(15(22)20(3)9-8-17-2)18-19-21(13)12-7-5-6-11(16)10-12;/h5-7,10,17H,4,8-9H2,1-3H3;1H. The normalized spacial score (nSPS) is 10.3. The van der Waals surface area contributed by atoms with Gasteiger partial charge in [0.05, 0.1) is 11.4 Å². The maximum Gasteiger partial charge on any atom is 0.276 e. The van der Waals surface area contributed by atoms with Gasteiger partial charge < -0.3 is 10.2 Å². The zero-order valence-electron chi connectivity index (χ0n) is 13.4. The highest BCUT2D eigenvalue weighted by atomic mass is 35.5. The predicted molar refractivity (Wildman–Crippen MR) is 93.9 cm³/mol. The molecule has 0 spiro atoms. The molecule has 0 atom stereocenters. The SMILES string of the molecule is CCc1c(C(=O)N(C)CCNC)nnn1-c1cccc(Cl)c1.Cl. The fraction of sp³-hybridized carbons (Fsp3) is 0.400. The Hall–Kier alpha value is -1.63. The Morgan fingerprint density at radius 1 is 1.43 bits per heavy atom. The number of rotatable bonds is 6. The summed E-state index contributed by atoms with van der Waals surface area (Å²) in [5.41, 5.74) is 1.97. The smallest absolute Gasteiger partial charge is 0.276 e. The Balaban J connectivity index is 0.00000264. The molecule has 2 aromatic rings. The third kappa shape index (κ3) is 4.43. The summed E-state index contributed by atoms with van der Waals surface area (Å²) in [6.45, 7) is 3.32. The summed E-state index contributed by atoms with van der Waals surface area (Å²) in [6.07, 6.45) is 0.653. The van der Waals surface area contributed by atoms with E-state index in [4.69, 9.17) is 11.6 Å². The van der Waals surface area contributed by atoms with Crippen molar-refractivity contribution >= 4 is 29.9 Å². The number of nitrogens with one attached hydrogen (secondary N) is 1. The third-order valence-corrected chi connectivity index (χ3v) is 3.63. The molecule has 0 bridgehead atoms. The van der Waals surface area contributed by atoms with Gasteiger partial charge in [0.2, 0.25) is 0 Å². The Morgan fingerprint density at radius 2 is 2.17 bits per heavy atom. The predicted octanol–water partition coefficient (Wildman–Crippen LogP) is 2.20. The highest BCUT2D eigenvalue weighted by Crippen LogP contribution is 2.18. The van der Waals surface area contributed by atoms with Gasteiger partial charge in [-0.2, -0.15) is 0 Å². The van der Waals surface area contributed by atoms with Gasteiger partial charge in [0.1, 0.15) is 0 Å². The van der Waals surface area contributed by atoms with E-state index in [0.29, 0.717) is 23.7 Å². The van der Waals surface area contributed by atoms with Gasteiger partial charge in [-0.1, -0.05) is 29.8 Å². The zero-order chi connectivity index (χ0) is 16.1. The van der Waals surface area contributed by atoms with Crippen molar-refractivity contribution in [3.05, 3.63) is 40.7 Å². The number of halogens is 2. The van der Waals surface area contributed by atoms with E-state index >= 15 is 0 Å². The summed E-state index contributed by atoms with van der Waals surface area (Å²) in [5.74, 6) is -0.125. The van der Waals surface area contributed by atoms with Gasteiger partial charge in [-0.3, -0.25) is 4.79 Å². The maximum absolute atomic E-state index is 12.5. The molecular formula is C15H21Cl2N5O. The Kier molecular flexibility index (Phi) is 7.48. The molecule has 1 N–H and O–H groups in total. The number of likely N-dealkylation sites (N-methyl/N-ethyl adjacent to an activating group) is 2. The molecule has 6 nitrogen and oxygen atoms in total. The van der Waals surface area contributed by atoms with Crippen molar-refractivity contribution in [1.82, 2.24) is 25.2 Å². The van der Waals surface area contributed by atoms with Crippen LogP contribution in [0.25, 0.3) is 5.69 Å². The van der Waals surface area contributed by atoms with Crippen molar-refractivity contribution < 1.29 is 4.79 Å². The summed E-state index contributed by atoms with van der Waals surface area (Å²) in [5, 5.41) is 11.8. The monoisotopic (exact) mass is 357 g/mol. The van der Waals surface area contributed by atoms with E-state index in [1.165, 1.54) is 0 Å². The van der Waals surface area contributed by atoms with Crippen LogP contribution in [0, 0.1) is 0 Å². The van der Waals surface area contributed by atoms with Gasteiger partial charge in [0, 0.05) is 25.2 Å². The van der Waals surface area contributed by atoms with E-state index in [2.05, 4.69) is 15.6 Å². The first-order valence-electron chi connectivity index (χ1n) is 7.19. The number of amides is 1. The Bertz CT molecular complexity index is 659. The van der Waals surface area contributed by atoms with Crippen LogP contribution in [0.2, 0.25) is 5.02 Å². The lowest BCUT2D eigenvalue weighted by atomic mass is 10.2. The summed E-state index contributed by atoms with van der Waals surface area (Å²) < 4.78 is 1.67. The lowest BCUT2D eigenvalue weighted by Gasteiger charge is -2.16. The molecule has 23 heavy (non-hydrogen) atoms. The molecule has 1 aromatic heterocycles. The molecule has 0 aliphatic heterocycles. The van der Waals surface area contributed by atoms with E-state index in [-0.39, 0.29) is 18.3 Å². The number of carbonyl (C=O) groups is 1. The zero-order valence-corrected chi connectivity index (χ0v) is 15.0. The van der Waals surface area contributed by atoms with Crippen molar-refractivity contribution in [3.63, 3.8) is 0 Å². The van der Waals surface area contributed by atoms with Crippen LogP contribution in [0.1, 0.15) is 23.1 Å². The van der Waals surface area contributed by atoms with E-state index < -0.39 is 0 Å². The lowest BCUT2D eigenvalue weighted by Crippen LogP contribution is -2.33. The molecule has 0 fully saturated rings. The van der Waals surface area contributed by atoms with E-state index in [1.807, 2.05) is 26.1 Å². The van der Waals surface area contributed by atoms with E-state index in [1.54, 1.807) is 28.8 Å². The average molecular weight is 358 g/mol. The molecule has 0 radical (unpaired) electrons. The van der Waals surface area contributed by atoms with Crippen molar-refractivity contribution in [2.24, 2.45) is 0 Å². The molecule has 126 valence electrons. The minimum Gasteiger partial charge on any atom is -0.339 e. The maximum atomic E-state index is 12.5. The Morgan fingerprint density at radius 3 is 2.78 bits per heavy atom. The van der Waals surface area contributed by atoms with E-state index in [9.17, 15) is 4.79 Å². The van der Waals surface area contributed by atoms with Crippen LogP contribution in [0.15, 0.2) is 24.3 Å². The van der Waals surface area contributed by atoms with Gasteiger partial charge in [0.25, 0.3) is 5.91 Å². The van der Waals surface area contributed by atoms with Crippen LogP contribution in [-0.4, -0.2) is 53.0 Å². The topological polar surface area (TPSA) is 63.1 Å². The van der Waals surface area contributed by atoms with Crippen LogP contribution < -0.4 is 5.32 Å². The second kappa shape index (κ2) is 8.86. The molecular weight excluding hydrogens is 337 g/mol. The number of hydrogen-bond acceptors (Lipinski definition) is 4. The summed E-state index contributed by atoms with van der Waals surface area (Å²) >= 11 is 6.02. The second-order valence-electron chi connectivity index (χ2n) is 4.96. The molecule has 2 rings (SSSR count). The third-order valence-electron chi connectivity index (χ3n) is 3.40. The van der Waals surface area contributed by atoms with Gasteiger partial charge in [0.15, 0.2) is 5.69 Å². The first-order chi connectivity index (χ1) is 10.6. The summed E-state index contributed by atoms with van der Waals surface area (Å²) in [4.78, 5) is 14.1. The van der Waals surface area contributed by atoms with Crippen molar-refractivity contribution in [1.29, 1.82) is 0 Å². The quantitative estimate of drug-likeness (QED) is 0.860. The largest absolute Gasteiger partial charge is 0.339 e. The van der Waals surface area contributed by atoms with Gasteiger partial charge in [-0.25, -0.2) is 4.68 Å². The number of nitrogens with zero attached hydrogens (tertiary/aromatic N) is 4. The van der Waals surface area contributed by atoms with Gasteiger partial charge in [-0.05, 0) is 31.7 Å². The molecule has 0 saturated carbocycles. The van der Waals surface area contributed by atoms with Crippen LogP contribution in [0.3, 0.4) is 0 Å². The molecule has 0 aliphatic rings. The fourth-order valence-electron chi connectivity index (χ4n) is 2.16. The van der Waals surface area contributed by atoms with E-state index in [0.717, 1.165) is 17.9 Å². The van der Waals surface area contributed by atoms with Crippen LogP contribution >= 0.6 is 24.0 Å². The molecule has 0 saturated heterocycles. The Labute approximate surface area is 147 Å². The van der Waals surface area contributed by atoms with Crippen LogP contribution in [0.5, 0.6) is 0 Å². The first kappa shape index (κ1) is 19.4. The molecule has 1 aromatic carbocycles. The van der Waals surface area contributed by atoms with Crippen LogP contribution in [0.4, 0.5) is 0 Å². The summed E-state index contributed by atoms with van der Waals surface area (Å²) in [6, 6.07) is 7.33. The molecule has 0 unspecified atom stereocenters. The molecule has 8 heteroatoms. The fourth-order valence-corrected chi connectivity index (χ4v) is 2.35. The number of aromatic nitrogens is 3. The highest BCUT2D eigenvalue weighted by molar-refractivity contribution is 6.30. The van der Waals surface area contributed by atoms with Gasteiger partial charge >= 0.3 is 0 Å². The molecule has 1 amide bonds. The van der Waals surface area contributed by atoms with Crippen LogP contribution in [-0.2, 0) is 6.42 Å². The number of hydrogen-bond donors (Lipinski definition) is 1. The molecule has 1 heterocycles. The minimum atomic E-state index is -0.125.